The zero-order chi connectivity index (χ0) is 16.8. The summed E-state index contributed by atoms with van der Waals surface area (Å²) in [6.45, 7) is 6.50. The molecule has 0 atom stereocenters. The van der Waals surface area contributed by atoms with Crippen LogP contribution in [-0.2, 0) is 0 Å². The Labute approximate surface area is 143 Å². The van der Waals surface area contributed by atoms with Crippen LogP contribution in [0.2, 0.25) is 0 Å². The van der Waals surface area contributed by atoms with Crippen LogP contribution >= 0.6 is 0 Å². The summed E-state index contributed by atoms with van der Waals surface area (Å²) in [5, 5.41) is 4.46. The van der Waals surface area contributed by atoms with Gasteiger partial charge in [0.2, 0.25) is 0 Å². The van der Waals surface area contributed by atoms with E-state index in [0.717, 1.165) is 35.8 Å². The molecule has 0 aliphatic heterocycles. The number of para-hydroxylation sites is 1. The lowest BCUT2D eigenvalue weighted by molar-refractivity contribution is 0.671. The van der Waals surface area contributed by atoms with Crippen LogP contribution in [0.3, 0.4) is 0 Å². The summed E-state index contributed by atoms with van der Waals surface area (Å²) in [6, 6.07) is 10.1. The van der Waals surface area contributed by atoms with Crippen molar-refractivity contribution in [3.05, 3.63) is 42.7 Å². The van der Waals surface area contributed by atoms with Crippen molar-refractivity contribution in [3.63, 3.8) is 0 Å². The minimum absolute atomic E-state index is 0.802. The Morgan fingerprint density at radius 1 is 0.958 bits per heavy atom. The average Bonchev–Trinajstić information content (AvgIpc) is 3.06. The number of rotatable bonds is 8. The van der Waals surface area contributed by atoms with E-state index in [0.29, 0.717) is 0 Å². The van der Waals surface area contributed by atoms with E-state index in [9.17, 15) is 0 Å². The molecule has 0 unspecified atom stereocenters. The van der Waals surface area contributed by atoms with Crippen LogP contribution in [-0.4, -0.2) is 32.8 Å². The smallest absolute Gasteiger partial charge is 0.181 e. The standard InChI is InChI=1S/C19H25N5/c1-3-5-12-23(13-6-4-2)18-15-20-19-17(22-18)14-21-24(19)16-10-8-7-9-11-16/h7-11,14-15H,3-6,12-13H2,1-2H3. The third-order valence-electron chi connectivity index (χ3n) is 4.15. The van der Waals surface area contributed by atoms with Crippen LogP contribution in [0, 0.1) is 0 Å². The van der Waals surface area contributed by atoms with Gasteiger partial charge in [0, 0.05) is 13.1 Å². The summed E-state index contributed by atoms with van der Waals surface area (Å²) < 4.78 is 1.84. The van der Waals surface area contributed by atoms with Gasteiger partial charge < -0.3 is 4.90 Å². The molecular weight excluding hydrogens is 298 g/mol. The number of aromatic nitrogens is 4. The molecule has 2 aromatic heterocycles. The largest absolute Gasteiger partial charge is 0.355 e. The Bertz CT molecular complexity index is 758. The molecule has 3 aromatic rings. The minimum Gasteiger partial charge on any atom is -0.355 e. The van der Waals surface area contributed by atoms with E-state index >= 15 is 0 Å². The molecule has 2 heterocycles. The predicted molar refractivity (Wildman–Crippen MR) is 98.7 cm³/mol. The number of benzene rings is 1. The van der Waals surface area contributed by atoms with Crippen molar-refractivity contribution in [3.8, 4) is 5.69 Å². The van der Waals surface area contributed by atoms with Gasteiger partial charge >= 0.3 is 0 Å². The maximum absolute atomic E-state index is 4.81. The van der Waals surface area contributed by atoms with Crippen LogP contribution < -0.4 is 4.90 Å². The molecule has 0 spiro atoms. The number of hydrogen-bond acceptors (Lipinski definition) is 4. The molecule has 0 saturated heterocycles. The fraction of sp³-hybridized carbons (Fsp3) is 0.421. The maximum Gasteiger partial charge on any atom is 0.181 e. The van der Waals surface area contributed by atoms with Crippen molar-refractivity contribution in [1.82, 2.24) is 19.7 Å². The van der Waals surface area contributed by atoms with Gasteiger partial charge in [-0.25, -0.2) is 14.6 Å². The van der Waals surface area contributed by atoms with Crippen LogP contribution in [0.5, 0.6) is 0 Å². The summed E-state index contributed by atoms with van der Waals surface area (Å²) in [5.41, 5.74) is 2.65. The normalized spacial score (nSPS) is 11.1. The van der Waals surface area contributed by atoms with E-state index in [1.54, 1.807) is 6.20 Å². The van der Waals surface area contributed by atoms with Gasteiger partial charge in [-0.2, -0.15) is 5.10 Å². The molecule has 0 saturated carbocycles. The summed E-state index contributed by atoms with van der Waals surface area (Å²) in [5.74, 6) is 0.956. The molecule has 0 aliphatic carbocycles. The minimum atomic E-state index is 0.802. The first-order chi connectivity index (χ1) is 11.8. The van der Waals surface area contributed by atoms with E-state index in [1.165, 1.54) is 25.7 Å². The van der Waals surface area contributed by atoms with Gasteiger partial charge in [0.15, 0.2) is 5.65 Å². The van der Waals surface area contributed by atoms with Crippen molar-refractivity contribution < 1.29 is 0 Å². The monoisotopic (exact) mass is 323 g/mol. The molecule has 0 fully saturated rings. The zero-order valence-corrected chi connectivity index (χ0v) is 14.5. The number of fused-ring (bicyclic) bond motifs is 1. The van der Waals surface area contributed by atoms with Crippen molar-refractivity contribution in [2.75, 3.05) is 18.0 Å². The topological polar surface area (TPSA) is 46.8 Å². The molecule has 1 aromatic carbocycles. The molecule has 0 radical (unpaired) electrons. The van der Waals surface area contributed by atoms with E-state index in [-0.39, 0.29) is 0 Å². The summed E-state index contributed by atoms with van der Waals surface area (Å²) in [6.07, 6.45) is 8.40. The Balaban J connectivity index is 1.90. The highest BCUT2D eigenvalue weighted by Gasteiger charge is 2.12. The lowest BCUT2D eigenvalue weighted by Gasteiger charge is -2.23. The first kappa shape index (κ1) is 16.4. The fourth-order valence-corrected chi connectivity index (χ4v) is 2.75. The quantitative estimate of drug-likeness (QED) is 0.622. The molecule has 0 N–H and O–H groups in total. The number of hydrogen-bond donors (Lipinski definition) is 0. The molecule has 5 nitrogen and oxygen atoms in total. The van der Waals surface area contributed by atoms with E-state index in [1.807, 2.05) is 41.2 Å². The third-order valence-corrected chi connectivity index (χ3v) is 4.15. The van der Waals surface area contributed by atoms with Gasteiger partial charge in [-0.3, -0.25) is 0 Å². The van der Waals surface area contributed by atoms with E-state index < -0.39 is 0 Å². The summed E-state index contributed by atoms with van der Waals surface area (Å²) in [7, 11) is 0. The van der Waals surface area contributed by atoms with Gasteiger partial charge in [0.25, 0.3) is 0 Å². The second-order valence-corrected chi connectivity index (χ2v) is 6.02. The van der Waals surface area contributed by atoms with E-state index in [2.05, 4.69) is 28.8 Å². The van der Waals surface area contributed by atoms with Crippen LogP contribution in [0.25, 0.3) is 16.9 Å². The van der Waals surface area contributed by atoms with Gasteiger partial charge in [0.05, 0.1) is 18.1 Å². The molecule has 126 valence electrons. The highest BCUT2D eigenvalue weighted by molar-refractivity contribution is 5.73. The molecule has 0 aliphatic rings. The van der Waals surface area contributed by atoms with Gasteiger partial charge in [0.1, 0.15) is 11.3 Å². The SMILES string of the molecule is CCCCN(CCCC)c1cnc2c(cnn2-c2ccccc2)n1. The predicted octanol–water partition coefficient (Wildman–Crippen LogP) is 4.22. The Morgan fingerprint density at radius 3 is 2.33 bits per heavy atom. The van der Waals surface area contributed by atoms with Crippen LogP contribution in [0.4, 0.5) is 5.82 Å². The molecule has 3 rings (SSSR count). The molecule has 24 heavy (non-hydrogen) atoms. The lowest BCUT2D eigenvalue weighted by Crippen LogP contribution is -2.26. The maximum atomic E-state index is 4.81. The number of unbranched alkanes of at least 4 members (excludes halogenated alkanes) is 2. The molecule has 0 bridgehead atoms. The third kappa shape index (κ3) is 3.55. The van der Waals surface area contributed by atoms with Crippen molar-refractivity contribution in [2.45, 2.75) is 39.5 Å². The second-order valence-electron chi connectivity index (χ2n) is 6.02. The second kappa shape index (κ2) is 7.90. The highest BCUT2D eigenvalue weighted by Crippen LogP contribution is 2.19. The Kier molecular flexibility index (Phi) is 5.41. The summed E-state index contributed by atoms with van der Waals surface area (Å²) >= 11 is 0. The van der Waals surface area contributed by atoms with Gasteiger partial charge in [-0.05, 0) is 25.0 Å². The highest BCUT2D eigenvalue weighted by atomic mass is 15.3. The summed E-state index contributed by atoms with van der Waals surface area (Å²) in [4.78, 5) is 11.8. The van der Waals surface area contributed by atoms with Crippen LogP contribution in [0.15, 0.2) is 42.7 Å². The Hall–Kier alpha value is -2.43. The molecule has 0 amide bonds. The first-order valence-electron chi connectivity index (χ1n) is 8.84. The number of nitrogens with zero attached hydrogens (tertiary/aromatic N) is 5. The lowest BCUT2D eigenvalue weighted by atomic mass is 10.2. The van der Waals surface area contributed by atoms with Crippen molar-refractivity contribution in [1.29, 1.82) is 0 Å². The molecule has 5 heteroatoms. The number of anilines is 1. The zero-order valence-electron chi connectivity index (χ0n) is 14.5. The van der Waals surface area contributed by atoms with Gasteiger partial charge in [-0.15, -0.1) is 0 Å². The van der Waals surface area contributed by atoms with Gasteiger partial charge in [-0.1, -0.05) is 44.9 Å². The van der Waals surface area contributed by atoms with Crippen molar-refractivity contribution >= 4 is 17.0 Å². The first-order valence-corrected chi connectivity index (χ1v) is 8.84. The molecular formula is C19H25N5. The fourth-order valence-electron chi connectivity index (χ4n) is 2.75. The van der Waals surface area contributed by atoms with Crippen LogP contribution in [0.1, 0.15) is 39.5 Å². The van der Waals surface area contributed by atoms with E-state index in [4.69, 9.17) is 4.98 Å². The van der Waals surface area contributed by atoms with Crippen molar-refractivity contribution in [2.24, 2.45) is 0 Å². The average molecular weight is 323 g/mol. The Morgan fingerprint density at radius 2 is 1.67 bits per heavy atom.